The van der Waals surface area contributed by atoms with Crippen LogP contribution in [0.1, 0.15) is 43.2 Å². The monoisotopic (exact) mass is 328 g/mol. The van der Waals surface area contributed by atoms with Gasteiger partial charge in [-0.1, -0.05) is 6.92 Å². The van der Waals surface area contributed by atoms with E-state index in [4.69, 9.17) is 4.74 Å². The Morgan fingerprint density at radius 1 is 1.21 bits per heavy atom. The molecule has 24 heavy (non-hydrogen) atoms. The highest BCUT2D eigenvalue weighted by Gasteiger charge is 2.08. The molecule has 0 amide bonds. The highest BCUT2D eigenvalue weighted by atomic mass is 16.5. The fraction of sp³-hybridized carbons (Fsp3) is 0.389. The van der Waals surface area contributed by atoms with E-state index in [1.54, 1.807) is 19.1 Å². The van der Waals surface area contributed by atoms with Gasteiger partial charge < -0.3 is 15.4 Å². The van der Waals surface area contributed by atoms with Crippen molar-refractivity contribution in [3.63, 3.8) is 0 Å². The Kier molecular flexibility index (Phi) is 6.12. The molecule has 0 aliphatic carbocycles. The molecule has 0 spiro atoms. The van der Waals surface area contributed by atoms with Gasteiger partial charge >= 0.3 is 5.97 Å². The minimum Gasteiger partial charge on any atom is -0.462 e. The summed E-state index contributed by atoms with van der Waals surface area (Å²) < 4.78 is 4.98. The minimum absolute atomic E-state index is 0.309. The molecule has 6 heteroatoms. The summed E-state index contributed by atoms with van der Waals surface area (Å²) in [6.07, 6.45) is 0.995. The number of nitrogens with one attached hydrogen (secondary N) is 2. The van der Waals surface area contributed by atoms with E-state index in [2.05, 4.69) is 34.4 Å². The molecule has 0 bridgehead atoms. The van der Waals surface area contributed by atoms with Crippen LogP contribution in [0.2, 0.25) is 0 Å². The van der Waals surface area contributed by atoms with Crippen LogP contribution in [0.5, 0.6) is 0 Å². The summed E-state index contributed by atoms with van der Waals surface area (Å²) in [5.74, 6) is 0.995. The van der Waals surface area contributed by atoms with Crippen LogP contribution in [-0.2, 0) is 4.74 Å². The maximum atomic E-state index is 11.7. The number of hydrogen-bond donors (Lipinski definition) is 2. The highest BCUT2D eigenvalue weighted by Crippen LogP contribution is 2.18. The van der Waals surface area contributed by atoms with Crippen molar-refractivity contribution in [1.29, 1.82) is 0 Å². The van der Waals surface area contributed by atoms with Gasteiger partial charge in [0.15, 0.2) is 0 Å². The van der Waals surface area contributed by atoms with E-state index in [0.717, 1.165) is 17.8 Å². The second-order valence-electron chi connectivity index (χ2n) is 5.59. The van der Waals surface area contributed by atoms with Gasteiger partial charge in [-0.15, -0.1) is 0 Å². The summed E-state index contributed by atoms with van der Waals surface area (Å²) in [7, 11) is 0. The molecule has 6 nitrogen and oxygen atoms in total. The molecule has 0 saturated heterocycles. The zero-order chi connectivity index (χ0) is 17.5. The molecule has 2 rings (SSSR count). The molecule has 1 heterocycles. The topological polar surface area (TPSA) is 76.1 Å². The zero-order valence-corrected chi connectivity index (χ0v) is 14.6. The average molecular weight is 328 g/mol. The Morgan fingerprint density at radius 2 is 1.92 bits per heavy atom. The van der Waals surface area contributed by atoms with Gasteiger partial charge in [-0.05, 0) is 51.5 Å². The number of hydrogen-bond acceptors (Lipinski definition) is 6. The smallest absolute Gasteiger partial charge is 0.338 e. The first-order chi connectivity index (χ1) is 11.5. The highest BCUT2D eigenvalue weighted by molar-refractivity contribution is 5.89. The van der Waals surface area contributed by atoms with Gasteiger partial charge in [0.2, 0.25) is 5.95 Å². The fourth-order valence-electron chi connectivity index (χ4n) is 2.07. The largest absolute Gasteiger partial charge is 0.462 e. The van der Waals surface area contributed by atoms with E-state index in [-0.39, 0.29) is 5.97 Å². The predicted molar refractivity (Wildman–Crippen MR) is 95.8 cm³/mol. The predicted octanol–water partition coefficient (Wildman–Crippen LogP) is 3.92. The molecule has 0 fully saturated rings. The van der Waals surface area contributed by atoms with Crippen molar-refractivity contribution in [3.8, 4) is 0 Å². The number of aryl methyl sites for hydroxylation is 1. The molecule has 2 N–H and O–H groups in total. The van der Waals surface area contributed by atoms with Crippen LogP contribution < -0.4 is 10.6 Å². The van der Waals surface area contributed by atoms with Crippen molar-refractivity contribution in [2.24, 2.45) is 0 Å². The van der Waals surface area contributed by atoms with Crippen molar-refractivity contribution in [2.75, 3.05) is 17.2 Å². The molecular weight excluding hydrogens is 304 g/mol. The summed E-state index contributed by atoms with van der Waals surface area (Å²) >= 11 is 0. The standard InChI is InChI=1S/C18H24N4O2/c1-5-12(3)19-18-20-13(4)11-16(22-18)21-15-9-7-14(8-10-15)17(23)24-6-2/h7-12H,5-6H2,1-4H3,(H2,19,20,21,22). The molecule has 1 aromatic carbocycles. The zero-order valence-electron chi connectivity index (χ0n) is 14.6. The number of benzene rings is 1. The Balaban J connectivity index is 2.11. The molecule has 0 aliphatic heterocycles. The van der Waals surface area contributed by atoms with E-state index in [9.17, 15) is 4.79 Å². The number of esters is 1. The number of aromatic nitrogens is 2. The summed E-state index contributed by atoms with van der Waals surface area (Å²) in [6, 6.07) is 9.29. The number of carbonyl (C=O) groups is 1. The quantitative estimate of drug-likeness (QED) is 0.750. The molecule has 0 aliphatic rings. The fourth-order valence-corrected chi connectivity index (χ4v) is 2.07. The Hall–Kier alpha value is -2.63. The second kappa shape index (κ2) is 8.29. The lowest BCUT2D eigenvalue weighted by atomic mass is 10.2. The summed E-state index contributed by atoms with van der Waals surface area (Å²) in [4.78, 5) is 20.5. The SMILES string of the molecule is CCOC(=O)c1ccc(Nc2cc(C)nc(NC(C)CC)n2)cc1. The van der Waals surface area contributed by atoms with Crippen molar-refractivity contribution in [2.45, 2.75) is 40.2 Å². The first-order valence-corrected chi connectivity index (χ1v) is 8.18. The van der Waals surface area contributed by atoms with Gasteiger partial charge in [-0.3, -0.25) is 0 Å². The van der Waals surface area contributed by atoms with Crippen LogP contribution in [0.25, 0.3) is 0 Å². The lowest BCUT2D eigenvalue weighted by molar-refractivity contribution is 0.0526. The van der Waals surface area contributed by atoms with E-state index in [1.165, 1.54) is 0 Å². The van der Waals surface area contributed by atoms with Crippen LogP contribution in [0.4, 0.5) is 17.5 Å². The van der Waals surface area contributed by atoms with Gasteiger partial charge in [0.05, 0.1) is 12.2 Å². The first kappa shape index (κ1) is 17.7. The first-order valence-electron chi connectivity index (χ1n) is 8.18. The Labute approximate surface area is 142 Å². The second-order valence-corrected chi connectivity index (χ2v) is 5.59. The number of anilines is 3. The van der Waals surface area contributed by atoms with Crippen molar-refractivity contribution >= 4 is 23.4 Å². The lowest BCUT2D eigenvalue weighted by Crippen LogP contribution is -2.16. The van der Waals surface area contributed by atoms with Gasteiger partial charge in [0, 0.05) is 23.5 Å². The molecule has 0 saturated carbocycles. The normalized spacial score (nSPS) is 11.7. The Morgan fingerprint density at radius 3 is 2.54 bits per heavy atom. The Bertz CT molecular complexity index is 686. The van der Waals surface area contributed by atoms with Gasteiger partial charge in [-0.2, -0.15) is 4.98 Å². The molecule has 1 aromatic heterocycles. The average Bonchev–Trinajstić information content (AvgIpc) is 2.55. The molecule has 128 valence electrons. The van der Waals surface area contributed by atoms with Gasteiger partial charge in [0.25, 0.3) is 0 Å². The summed E-state index contributed by atoms with van der Waals surface area (Å²) in [5, 5.41) is 6.50. The molecule has 2 aromatic rings. The third-order valence-electron chi connectivity index (χ3n) is 3.51. The van der Waals surface area contributed by atoms with E-state index in [1.807, 2.05) is 25.1 Å². The molecule has 1 atom stereocenters. The van der Waals surface area contributed by atoms with Crippen LogP contribution in [0, 0.1) is 6.92 Å². The van der Waals surface area contributed by atoms with Gasteiger partial charge in [-0.25, -0.2) is 9.78 Å². The lowest BCUT2D eigenvalue weighted by Gasteiger charge is -2.13. The number of nitrogens with zero attached hydrogens (tertiary/aromatic N) is 2. The van der Waals surface area contributed by atoms with E-state index >= 15 is 0 Å². The maximum Gasteiger partial charge on any atom is 0.338 e. The van der Waals surface area contributed by atoms with Crippen molar-refractivity contribution in [3.05, 3.63) is 41.6 Å². The number of rotatable bonds is 7. The molecular formula is C18H24N4O2. The summed E-state index contributed by atoms with van der Waals surface area (Å²) in [5.41, 5.74) is 2.25. The minimum atomic E-state index is -0.318. The van der Waals surface area contributed by atoms with Crippen LogP contribution >= 0.6 is 0 Å². The van der Waals surface area contributed by atoms with Crippen LogP contribution in [0.15, 0.2) is 30.3 Å². The van der Waals surface area contributed by atoms with E-state index in [0.29, 0.717) is 30.0 Å². The number of carbonyl (C=O) groups excluding carboxylic acids is 1. The van der Waals surface area contributed by atoms with Crippen LogP contribution in [-0.4, -0.2) is 28.6 Å². The van der Waals surface area contributed by atoms with Crippen LogP contribution in [0.3, 0.4) is 0 Å². The summed E-state index contributed by atoms with van der Waals surface area (Å²) in [6.45, 7) is 8.28. The van der Waals surface area contributed by atoms with Crippen molar-refractivity contribution in [1.82, 2.24) is 9.97 Å². The van der Waals surface area contributed by atoms with Crippen molar-refractivity contribution < 1.29 is 9.53 Å². The molecule has 1 unspecified atom stereocenters. The number of ether oxygens (including phenoxy) is 1. The third kappa shape index (κ3) is 4.94. The van der Waals surface area contributed by atoms with E-state index < -0.39 is 0 Å². The van der Waals surface area contributed by atoms with Gasteiger partial charge in [0.1, 0.15) is 5.82 Å². The molecule has 0 radical (unpaired) electrons. The third-order valence-corrected chi connectivity index (χ3v) is 3.51. The maximum absolute atomic E-state index is 11.7.